The molecule has 1 nitrogen and oxygen atoms in total. The highest BCUT2D eigenvalue weighted by molar-refractivity contribution is 8.00. The highest BCUT2D eigenvalue weighted by atomic mass is 32.2. The van der Waals surface area contributed by atoms with Gasteiger partial charge in [-0.3, -0.25) is 0 Å². The van der Waals surface area contributed by atoms with Crippen molar-refractivity contribution in [3.8, 4) is 0 Å². The lowest BCUT2D eigenvalue weighted by molar-refractivity contribution is 0.569. The maximum atomic E-state index is 2.60. The first kappa shape index (κ1) is 29.7. The van der Waals surface area contributed by atoms with Gasteiger partial charge in [0.2, 0.25) is 6.71 Å². The molecule has 3 aliphatic heterocycles. The van der Waals surface area contributed by atoms with E-state index in [1.54, 1.807) is 0 Å². The van der Waals surface area contributed by atoms with Crippen molar-refractivity contribution in [3.05, 3.63) is 167 Å². The van der Waals surface area contributed by atoms with Gasteiger partial charge in [0.15, 0.2) is 0 Å². The second-order valence-electron chi connectivity index (χ2n) is 15.8. The molecule has 0 spiro atoms. The average molecular weight is 638 g/mol. The zero-order chi connectivity index (χ0) is 33.0. The summed E-state index contributed by atoms with van der Waals surface area (Å²) in [5.41, 5.74) is 15.9. The molecule has 9 rings (SSSR count). The molecule has 0 N–H and O–H groups in total. The van der Waals surface area contributed by atoms with Crippen molar-refractivity contribution in [2.24, 2.45) is 0 Å². The Bertz CT molecular complexity index is 2170. The lowest BCUT2D eigenvalue weighted by Crippen LogP contribution is -2.67. The predicted molar refractivity (Wildman–Crippen MR) is 206 cm³/mol. The van der Waals surface area contributed by atoms with Crippen molar-refractivity contribution in [3.63, 3.8) is 0 Å². The van der Waals surface area contributed by atoms with Gasteiger partial charge in [0.05, 0.1) is 5.41 Å². The molecule has 3 aliphatic rings. The van der Waals surface area contributed by atoms with E-state index in [4.69, 9.17) is 0 Å². The number of hydrogen-bond acceptors (Lipinski definition) is 2. The van der Waals surface area contributed by atoms with Crippen molar-refractivity contribution in [1.82, 2.24) is 0 Å². The molecular formula is C45H40BNS. The van der Waals surface area contributed by atoms with Crippen LogP contribution in [0.5, 0.6) is 0 Å². The fraction of sp³-hybridized carbons (Fsp3) is 0.200. The van der Waals surface area contributed by atoms with E-state index in [1.807, 2.05) is 11.8 Å². The van der Waals surface area contributed by atoms with E-state index in [1.165, 1.54) is 76.6 Å². The Hall–Kier alpha value is -4.47. The lowest BCUT2D eigenvalue weighted by Gasteiger charge is -2.50. The number of anilines is 3. The summed E-state index contributed by atoms with van der Waals surface area (Å²) in [7, 11) is 0. The molecule has 0 bridgehead atoms. The van der Waals surface area contributed by atoms with E-state index in [0.29, 0.717) is 0 Å². The van der Waals surface area contributed by atoms with Crippen molar-refractivity contribution in [2.45, 2.75) is 67.6 Å². The predicted octanol–water partition coefficient (Wildman–Crippen LogP) is 9.74. The van der Waals surface area contributed by atoms with Crippen LogP contribution in [0, 0.1) is 0 Å². The van der Waals surface area contributed by atoms with Gasteiger partial charge in [-0.2, -0.15) is 0 Å². The lowest BCUT2D eigenvalue weighted by atomic mass is 9.29. The molecular weight excluding hydrogens is 597 g/mol. The first-order chi connectivity index (χ1) is 23.1. The third-order valence-electron chi connectivity index (χ3n) is 10.9. The summed E-state index contributed by atoms with van der Waals surface area (Å²) < 4.78 is 0. The second kappa shape index (κ2) is 10.3. The highest BCUT2D eigenvalue weighted by Crippen LogP contribution is 2.52. The Balaban J connectivity index is 1.44. The minimum atomic E-state index is -0.463. The zero-order valence-corrected chi connectivity index (χ0v) is 29.5. The molecule has 0 saturated heterocycles. The summed E-state index contributed by atoms with van der Waals surface area (Å²) in [6, 6.07) is 50.9. The quantitative estimate of drug-likeness (QED) is 0.178. The van der Waals surface area contributed by atoms with Gasteiger partial charge in [0, 0.05) is 26.9 Å². The standard InChI is InChI=1S/C45H40BNS/c1-43(2,3)31-26-32(44(4,5)6)28-33(27-31)47-36-22-13-20-34-40(36)46-41-35(21-14-24-38(41)48-39-25-15-23-37(47)42(39)46)45(34,29-16-9-7-10-17-29)30-18-11-8-12-19-30/h7-28H,1-6H3. The summed E-state index contributed by atoms with van der Waals surface area (Å²) in [5, 5.41) is 0. The molecule has 0 unspecified atom stereocenters. The van der Waals surface area contributed by atoms with Gasteiger partial charge in [0.25, 0.3) is 0 Å². The molecule has 0 atom stereocenters. The third kappa shape index (κ3) is 4.07. The first-order valence-corrected chi connectivity index (χ1v) is 18.0. The molecule has 6 aromatic rings. The SMILES string of the molecule is CC(C)(C)c1cc(N2c3cccc4c3B3c5c(cccc5C(c5ccccc5)(c5ccccc5)c5cccc2c53)S4)cc(C(C)(C)C)c1. The minimum Gasteiger partial charge on any atom is -0.311 e. The summed E-state index contributed by atoms with van der Waals surface area (Å²) in [4.78, 5) is 5.33. The van der Waals surface area contributed by atoms with Crippen molar-refractivity contribution < 1.29 is 0 Å². The van der Waals surface area contributed by atoms with Crippen LogP contribution in [-0.2, 0) is 16.2 Å². The van der Waals surface area contributed by atoms with Crippen LogP contribution in [0.3, 0.4) is 0 Å². The Morgan fingerprint density at radius 2 is 0.979 bits per heavy atom. The molecule has 0 aromatic heterocycles. The average Bonchev–Trinajstić information content (AvgIpc) is 3.08. The number of rotatable bonds is 3. The van der Waals surface area contributed by atoms with Crippen LogP contribution in [0.15, 0.2) is 143 Å². The molecule has 0 aliphatic carbocycles. The van der Waals surface area contributed by atoms with Gasteiger partial charge in [-0.15, -0.1) is 0 Å². The third-order valence-corrected chi connectivity index (χ3v) is 12.0. The molecule has 0 radical (unpaired) electrons. The van der Waals surface area contributed by atoms with Crippen molar-refractivity contribution in [1.29, 1.82) is 0 Å². The topological polar surface area (TPSA) is 3.24 Å². The largest absolute Gasteiger partial charge is 0.311 e. The van der Waals surface area contributed by atoms with Crippen LogP contribution in [0.25, 0.3) is 0 Å². The van der Waals surface area contributed by atoms with Crippen LogP contribution in [-0.4, -0.2) is 6.71 Å². The Morgan fingerprint density at radius 3 is 1.54 bits per heavy atom. The van der Waals surface area contributed by atoms with E-state index >= 15 is 0 Å². The second-order valence-corrected chi connectivity index (χ2v) is 16.8. The maximum absolute atomic E-state index is 2.60. The first-order valence-electron chi connectivity index (χ1n) is 17.2. The Labute approximate surface area is 290 Å². The van der Waals surface area contributed by atoms with E-state index in [-0.39, 0.29) is 17.5 Å². The summed E-state index contributed by atoms with van der Waals surface area (Å²) in [6.07, 6.45) is 0. The summed E-state index contributed by atoms with van der Waals surface area (Å²) in [6.45, 7) is 14.2. The van der Waals surface area contributed by atoms with Crippen LogP contribution in [0.1, 0.15) is 74.9 Å². The zero-order valence-electron chi connectivity index (χ0n) is 28.6. The molecule has 3 heterocycles. The van der Waals surface area contributed by atoms with Crippen LogP contribution >= 0.6 is 11.8 Å². The fourth-order valence-corrected chi connectivity index (χ4v) is 9.82. The van der Waals surface area contributed by atoms with Gasteiger partial charge in [-0.1, -0.05) is 156 Å². The summed E-state index contributed by atoms with van der Waals surface area (Å²) in [5.74, 6) is 0. The van der Waals surface area contributed by atoms with E-state index in [0.717, 1.165) is 0 Å². The fourth-order valence-electron chi connectivity index (χ4n) is 8.62. The number of benzene rings is 6. The van der Waals surface area contributed by atoms with Crippen LogP contribution in [0.2, 0.25) is 0 Å². The monoisotopic (exact) mass is 637 g/mol. The van der Waals surface area contributed by atoms with Crippen LogP contribution < -0.4 is 21.3 Å². The number of hydrogen-bond donors (Lipinski definition) is 0. The Morgan fingerprint density at radius 1 is 0.500 bits per heavy atom. The van der Waals surface area contributed by atoms with Crippen molar-refractivity contribution in [2.75, 3.05) is 4.90 Å². The summed E-state index contributed by atoms with van der Waals surface area (Å²) >= 11 is 1.94. The number of nitrogens with zero attached hydrogens (tertiary/aromatic N) is 1. The normalized spacial score (nSPS) is 15.3. The van der Waals surface area contributed by atoms with Crippen LogP contribution in [0.4, 0.5) is 17.1 Å². The molecule has 0 fully saturated rings. The Kier molecular flexibility index (Phi) is 6.34. The van der Waals surface area contributed by atoms with Crippen molar-refractivity contribution >= 4 is 51.9 Å². The van der Waals surface area contributed by atoms with E-state index in [2.05, 4.69) is 180 Å². The van der Waals surface area contributed by atoms with Gasteiger partial charge < -0.3 is 4.90 Å². The van der Waals surface area contributed by atoms with E-state index in [9.17, 15) is 0 Å². The minimum absolute atomic E-state index is 0.0139. The molecule has 3 heteroatoms. The molecule has 0 amide bonds. The van der Waals surface area contributed by atoms with E-state index < -0.39 is 5.41 Å². The maximum Gasteiger partial charge on any atom is 0.250 e. The van der Waals surface area contributed by atoms with Gasteiger partial charge in [-0.25, -0.2) is 0 Å². The molecule has 234 valence electrons. The molecule has 6 aromatic carbocycles. The van der Waals surface area contributed by atoms with Gasteiger partial charge in [-0.05, 0) is 91.5 Å². The van der Waals surface area contributed by atoms with Gasteiger partial charge in [0.1, 0.15) is 0 Å². The molecule has 48 heavy (non-hydrogen) atoms. The van der Waals surface area contributed by atoms with Gasteiger partial charge >= 0.3 is 0 Å². The molecule has 0 saturated carbocycles. The highest BCUT2D eigenvalue weighted by Gasteiger charge is 2.53. The smallest absolute Gasteiger partial charge is 0.250 e.